The van der Waals surface area contributed by atoms with Gasteiger partial charge in [-0.1, -0.05) is 31.7 Å². The van der Waals surface area contributed by atoms with Crippen LogP contribution in [0, 0.1) is 11.2 Å². The zero-order valence-corrected chi connectivity index (χ0v) is 22.7. The summed E-state index contributed by atoms with van der Waals surface area (Å²) >= 11 is 0. The molecule has 1 fully saturated rings. The van der Waals surface area contributed by atoms with Gasteiger partial charge < -0.3 is 20.5 Å². The second kappa shape index (κ2) is 10.6. The van der Waals surface area contributed by atoms with E-state index in [0.29, 0.717) is 30.2 Å². The van der Waals surface area contributed by atoms with Crippen molar-refractivity contribution in [2.75, 3.05) is 23.7 Å². The van der Waals surface area contributed by atoms with E-state index >= 15 is 0 Å². The minimum absolute atomic E-state index is 0.220. The number of imidazole rings is 1. The predicted molar refractivity (Wildman–Crippen MR) is 157 cm³/mol. The van der Waals surface area contributed by atoms with Gasteiger partial charge in [0, 0.05) is 24.3 Å². The van der Waals surface area contributed by atoms with E-state index < -0.39 is 0 Å². The molecule has 6 rings (SSSR count). The van der Waals surface area contributed by atoms with Crippen LogP contribution in [-0.4, -0.2) is 43.6 Å². The number of H-pyrrole nitrogens is 1. The van der Waals surface area contributed by atoms with Crippen molar-refractivity contribution in [1.82, 2.24) is 24.8 Å². The van der Waals surface area contributed by atoms with Crippen molar-refractivity contribution in [3.63, 3.8) is 0 Å². The molecule has 1 saturated heterocycles. The minimum atomic E-state index is -0.286. The summed E-state index contributed by atoms with van der Waals surface area (Å²) < 4.78 is 13.9. The number of benzene rings is 2. The molecule has 4 heterocycles. The number of fused-ring (bicyclic) bond motifs is 1. The number of nitrogens with two attached hydrogens (primary N) is 1. The topological polar surface area (TPSA) is 111 Å². The lowest BCUT2D eigenvalue weighted by molar-refractivity contribution is 0.415. The van der Waals surface area contributed by atoms with Crippen LogP contribution in [0.25, 0.3) is 16.8 Å². The van der Waals surface area contributed by atoms with Crippen LogP contribution in [0.1, 0.15) is 60.2 Å². The normalized spacial score (nSPS) is 14.8. The third kappa shape index (κ3) is 4.83. The fourth-order valence-electron chi connectivity index (χ4n) is 5.57. The summed E-state index contributed by atoms with van der Waals surface area (Å²) in [7, 11) is 0. The van der Waals surface area contributed by atoms with E-state index in [1.165, 1.54) is 31.4 Å². The van der Waals surface area contributed by atoms with Crippen LogP contribution in [0.5, 0.6) is 0 Å². The summed E-state index contributed by atoms with van der Waals surface area (Å²) in [4.78, 5) is 21.7. The maximum absolute atomic E-state index is 13.9. The molecule has 0 bridgehead atoms. The molecule has 4 aromatic rings. The Bertz CT molecular complexity index is 1560. The number of nitrogens with zero attached hydrogens (tertiary/aromatic N) is 5. The van der Waals surface area contributed by atoms with E-state index in [1.807, 2.05) is 25.3 Å². The Labute approximate surface area is 233 Å². The van der Waals surface area contributed by atoms with Crippen LogP contribution in [0.3, 0.4) is 0 Å². The summed E-state index contributed by atoms with van der Waals surface area (Å²) in [6.45, 7) is 9.53. The molecule has 2 aliphatic rings. The van der Waals surface area contributed by atoms with Gasteiger partial charge in [0.15, 0.2) is 5.82 Å². The Morgan fingerprint density at radius 2 is 1.90 bits per heavy atom. The molecule has 204 valence electrons. The van der Waals surface area contributed by atoms with Crippen LogP contribution >= 0.6 is 0 Å². The molecule has 0 spiro atoms. The van der Waals surface area contributed by atoms with Crippen LogP contribution in [-0.2, 0) is 19.5 Å². The quantitative estimate of drug-likeness (QED) is 0.211. The van der Waals surface area contributed by atoms with Gasteiger partial charge in [0.05, 0.1) is 42.6 Å². The zero-order valence-electron chi connectivity index (χ0n) is 22.7. The van der Waals surface area contributed by atoms with Crippen LogP contribution in [0.15, 0.2) is 55.4 Å². The molecule has 8 nitrogen and oxygen atoms in total. The summed E-state index contributed by atoms with van der Waals surface area (Å²) in [5.41, 5.74) is 13.7. The first kappa shape index (κ1) is 25.7. The van der Waals surface area contributed by atoms with E-state index in [1.54, 1.807) is 18.3 Å². The second-order valence-electron chi connectivity index (χ2n) is 10.5. The van der Waals surface area contributed by atoms with Gasteiger partial charge in [0.25, 0.3) is 0 Å². The number of aryl methyl sites for hydroxylation is 1. The number of halogens is 1. The fourth-order valence-corrected chi connectivity index (χ4v) is 5.57. The second-order valence-corrected chi connectivity index (χ2v) is 10.5. The van der Waals surface area contributed by atoms with Gasteiger partial charge in [-0.3, -0.25) is 5.41 Å². The lowest BCUT2D eigenvalue weighted by Gasteiger charge is -2.27. The number of anilines is 2. The van der Waals surface area contributed by atoms with Crippen LogP contribution < -0.4 is 10.6 Å². The Morgan fingerprint density at radius 1 is 1.07 bits per heavy atom. The van der Waals surface area contributed by atoms with E-state index in [0.717, 1.165) is 64.8 Å². The van der Waals surface area contributed by atoms with Crippen molar-refractivity contribution in [2.24, 2.45) is 0 Å². The first-order chi connectivity index (χ1) is 19.4. The molecular weight excluding hydrogens is 503 g/mol. The molecule has 0 saturated carbocycles. The maximum atomic E-state index is 13.9. The minimum Gasteiger partial charge on any atom is -0.398 e. The first-order valence-corrected chi connectivity index (χ1v) is 13.8. The van der Waals surface area contributed by atoms with Crippen molar-refractivity contribution in [2.45, 2.75) is 45.7 Å². The molecule has 2 aliphatic heterocycles. The SMILES string of the molecule is C=C(c1cnc(N2CCCCC2)cn1)N1Cc2nc(C(=N)c3ccc(-c4cc(F)ccc4CC)cc3N)[nH]c2C1. The average Bonchev–Trinajstić information content (AvgIpc) is 3.57. The first-order valence-electron chi connectivity index (χ1n) is 13.8. The lowest BCUT2D eigenvalue weighted by atomic mass is 9.95. The van der Waals surface area contributed by atoms with Gasteiger partial charge in [-0.2, -0.15) is 0 Å². The fraction of sp³-hybridized carbons (Fsp3) is 0.290. The number of hydrogen-bond acceptors (Lipinski definition) is 7. The highest BCUT2D eigenvalue weighted by molar-refractivity contribution is 6.12. The van der Waals surface area contributed by atoms with Crippen molar-refractivity contribution in [3.8, 4) is 11.1 Å². The molecule has 0 unspecified atom stereocenters. The number of aromatic amines is 1. The van der Waals surface area contributed by atoms with Gasteiger partial charge in [-0.05, 0) is 60.6 Å². The number of rotatable bonds is 7. The van der Waals surface area contributed by atoms with Gasteiger partial charge in [-0.15, -0.1) is 0 Å². The van der Waals surface area contributed by atoms with E-state index in [4.69, 9.17) is 16.1 Å². The van der Waals surface area contributed by atoms with Crippen LogP contribution in [0.4, 0.5) is 15.9 Å². The van der Waals surface area contributed by atoms with Crippen molar-refractivity contribution in [1.29, 1.82) is 5.41 Å². The zero-order chi connectivity index (χ0) is 27.8. The molecule has 2 aromatic heterocycles. The lowest BCUT2D eigenvalue weighted by Crippen LogP contribution is -2.30. The van der Waals surface area contributed by atoms with E-state index in [9.17, 15) is 4.39 Å². The van der Waals surface area contributed by atoms with Gasteiger partial charge in [0.2, 0.25) is 0 Å². The van der Waals surface area contributed by atoms with E-state index in [2.05, 4.69) is 31.3 Å². The number of nitrogens with one attached hydrogen (secondary N) is 2. The summed E-state index contributed by atoms with van der Waals surface area (Å²) in [5, 5.41) is 8.80. The Balaban J connectivity index is 1.14. The molecule has 4 N–H and O–H groups in total. The highest BCUT2D eigenvalue weighted by Crippen LogP contribution is 2.31. The summed E-state index contributed by atoms with van der Waals surface area (Å²) in [6.07, 6.45) is 8.09. The molecule has 9 heteroatoms. The third-order valence-corrected chi connectivity index (χ3v) is 7.87. The molecule has 40 heavy (non-hydrogen) atoms. The number of piperidine rings is 1. The number of nitrogen functional groups attached to an aromatic ring is 1. The van der Waals surface area contributed by atoms with Crippen molar-refractivity contribution in [3.05, 3.63) is 95.2 Å². The Hall–Kier alpha value is -4.53. The predicted octanol–water partition coefficient (Wildman–Crippen LogP) is 5.54. The van der Waals surface area contributed by atoms with Crippen LogP contribution in [0.2, 0.25) is 0 Å². The molecule has 0 radical (unpaired) electrons. The van der Waals surface area contributed by atoms with Gasteiger partial charge >= 0.3 is 0 Å². The Kier molecular flexibility index (Phi) is 6.79. The Morgan fingerprint density at radius 3 is 2.60 bits per heavy atom. The molecule has 0 atom stereocenters. The average molecular weight is 537 g/mol. The van der Waals surface area contributed by atoms with E-state index in [-0.39, 0.29) is 11.5 Å². The van der Waals surface area contributed by atoms with Gasteiger partial charge in [0.1, 0.15) is 23.0 Å². The third-order valence-electron chi connectivity index (χ3n) is 7.87. The highest BCUT2D eigenvalue weighted by Gasteiger charge is 2.27. The van der Waals surface area contributed by atoms with Crippen molar-refractivity contribution >= 4 is 22.9 Å². The molecule has 2 aromatic carbocycles. The largest absolute Gasteiger partial charge is 0.398 e. The number of hydrogen-bond donors (Lipinski definition) is 3. The molecule has 0 aliphatic carbocycles. The van der Waals surface area contributed by atoms with Gasteiger partial charge in [-0.25, -0.2) is 19.3 Å². The monoisotopic (exact) mass is 536 g/mol. The molecule has 0 amide bonds. The standard InChI is InChI=1S/C31H33FN8/c1-3-20-7-9-22(32)14-24(20)21-8-10-23(25(33)13-21)30(34)31-37-27-17-40(18-28(27)38-31)19(2)26-15-36-29(16-35-26)39-11-5-4-6-12-39/h7-10,13-16,34H,2-6,11-12,17-18,33H2,1H3,(H,37,38). The maximum Gasteiger partial charge on any atom is 0.156 e. The number of aromatic nitrogens is 4. The highest BCUT2D eigenvalue weighted by atomic mass is 19.1. The molecular formula is C31H33FN8. The van der Waals surface area contributed by atoms with Crippen molar-refractivity contribution < 1.29 is 4.39 Å². The summed E-state index contributed by atoms with van der Waals surface area (Å²) in [6, 6.07) is 10.3. The smallest absolute Gasteiger partial charge is 0.156 e. The summed E-state index contributed by atoms with van der Waals surface area (Å²) in [5.74, 6) is 1.10.